The third kappa shape index (κ3) is 2.77. The van der Waals surface area contributed by atoms with E-state index in [4.69, 9.17) is 9.84 Å². The maximum absolute atomic E-state index is 12.1. The van der Waals surface area contributed by atoms with Gasteiger partial charge in [0.05, 0.1) is 29.0 Å². The molecule has 0 bridgehead atoms. The van der Waals surface area contributed by atoms with Crippen LogP contribution in [0.25, 0.3) is 10.9 Å². The van der Waals surface area contributed by atoms with Gasteiger partial charge in [0.2, 0.25) is 0 Å². The first-order valence-corrected chi connectivity index (χ1v) is 7.65. The van der Waals surface area contributed by atoms with Gasteiger partial charge >= 0.3 is 12.1 Å². The van der Waals surface area contributed by atoms with Crippen LogP contribution in [0.15, 0.2) is 29.5 Å². The number of aromatic amines is 2. The van der Waals surface area contributed by atoms with Crippen molar-refractivity contribution in [2.75, 3.05) is 13.1 Å². The summed E-state index contributed by atoms with van der Waals surface area (Å²) >= 11 is 0. The van der Waals surface area contributed by atoms with Gasteiger partial charge in [-0.15, -0.1) is 0 Å². The molecule has 10 heteroatoms. The van der Waals surface area contributed by atoms with Crippen LogP contribution in [0, 0.1) is 0 Å². The second kappa shape index (κ2) is 5.89. The summed E-state index contributed by atoms with van der Waals surface area (Å²) < 4.78 is 5.69. The summed E-state index contributed by atoms with van der Waals surface area (Å²) in [7, 11) is 0. The smallest absolute Gasteiger partial charge is 0.407 e. The van der Waals surface area contributed by atoms with Crippen LogP contribution >= 0.6 is 0 Å². The fraction of sp³-hybridized carbons (Fsp3) is 0.267. The van der Waals surface area contributed by atoms with E-state index >= 15 is 0 Å². The third-order valence-corrected chi connectivity index (χ3v) is 4.19. The molecule has 128 valence electrons. The number of H-pyrrole nitrogens is 2. The first kappa shape index (κ1) is 15.1. The molecule has 10 nitrogen and oxygen atoms in total. The molecule has 25 heavy (non-hydrogen) atoms. The maximum atomic E-state index is 12.1. The molecule has 1 aliphatic heterocycles. The summed E-state index contributed by atoms with van der Waals surface area (Å²) in [6.07, 6.45) is 4.19. The highest BCUT2D eigenvalue weighted by atomic mass is 16.5. The van der Waals surface area contributed by atoms with Crippen LogP contribution in [0.2, 0.25) is 0 Å². The normalized spacial score (nSPS) is 17.1. The number of likely N-dealkylation sites (tertiary alicyclic amines) is 1. The number of aromatic nitrogens is 5. The minimum absolute atomic E-state index is 0.0289. The minimum atomic E-state index is -0.947. The topological polar surface area (TPSA) is 137 Å². The van der Waals surface area contributed by atoms with E-state index in [1.165, 1.54) is 23.5 Å². The van der Waals surface area contributed by atoms with Crippen molar-refractivity contribution >= 4 is 17.0 Å². The number of hydrogen-bond acceptors (Lipinski definition) is 6. The minimum Gasteiger partial charge on any atom is -0.465 e. The van der Waals surface area contributed by atoms with Gasteiger partial charge in [0.25, 0.3) is 5.56 Å². The van der Waals surface area contributed by atoms with Crippen LogP contribution in [-0.4, -0.2) is 54.3 Å². The Hall–Kier alpha value is -3.43. The van der Waals surface area contributed by atoms with Crippen molar-refractivity contribution in [3.8, 4) is 11.8 Å². The molecule has 1 amide bonds. The summed E-state index contributed by atoms with van der Waals surface area (Å²) in [6.45, 7) is 0.814. The van der Waals surface area contributed by atoms with E-state index < -0.39 is 6.09 Å². The zero-order chi connectivity index (χ0) is 17.4. The molecule has 0 unspecified atom stereocenters. The molecule has 1 saturated heterocycles. The van der Waals surface area contributed by atoms with Crippen molar-refractivity contribution in [3.63, 3.8) is 0 Å². The monoisotopic (exact) mass is 342 g/mol. The number of amides is 1. The molecule has 1 atom stereocenters. The number of ether oxygens (including phenoxy) is 1. The van der Waals surface area contributed by atoms with Crippen LogP contribution in [-0.2, 0) is 0 Å². The lowest BCUT2D eigenvalue weighted by atomic mass is 10.0. The molecule has 0 aliphatic carbocycles. The molecule has 1 aliphatic rings. The van der Waals surface area contributed by atoms with Crippen LogP contribution in [0.5, 0.6) is 11.8 Å². The molecule has 4 heterocycles. The highest BCUT2D eigenvalue weighted by molar-refractivity contribution is 5.76. The molecule has 4 rings (SSSR count). The number of nitrogens with one attached hydrogen (secondary N) is 2. The lowest BCUT2D eigenvalue weighted by Crippen LogP contribution is -2.26. The summed E-state index contributed by atoms with van der Waals surface area (Å²) in [5.41, 5.74) is 0.771. The SMILES string of the molecule is O=C(O)N1CC[C@@H](c2[nH]ncc2Oc2nc3cnccc3c(=O)[nH]2)C1. The second-order valence-corrected chi connectivity index (χ2v) is 5.73. The van der Waals surface area contributed by atoms with E-state index in [-0.39, 0.29) is 17.5 Å². The van der Waals surface area contributed by atoms with Crippen molar-refractivity contribution in [1.82, 2.24) is 30.0 Å². The predicted molar refractivity (Wildman–Crippen MR) is 85.8 cm³/mol. The average Bonchev–Trinajstić information content (AvgIpc) is 3.24. The fourth-order valence-electron chi connectivity index (χ4n) is 2.95. The largest absolute Gasteiger partial charge is 0.465 e. The molecule has 0 aromatic carbocycles. The number of carboxylic acid groups (broad SMARTS) is 1. The Balaban J connectivity index is 1.62. The Morgan fingerprint density at radius 1 is 1.40 bits per heavy atom. The zero-order valence-electron chi connectivity index (χ0n) is 13.0. The maximum Gasteiger partial charge on any atom is 0.407 e. The first-order valence-electron chi connectivity index (χ1n) is 7.65. The fourth-order valence-corrected chi connectivity index (χ4v) is 2.95. The summed E-state index contributed by atoms with van der Waals surface area (Å²) in [4.78, 5) is 35.3. The number of rotatable bonds is 3. The van der Waals surface area contributed by atoms with E-state index in [2.05, 4.69) is 25.1 Å². The number of pyridine rings is 1. The number of carbonyl (C=O) groups is 1. The van der Waals surface area contributed by atoms with Crippen molar-refractivity contribution in [1.29, 1.82) is 0 Å². The van der Waals surface area contributed by atoms with Crippen molar-refractivity contribution in [3.05, 3.63) is 40.7 Å². The van der Waals surface area contributed by atoms with E-state index in [1.807, 2.05) is 0 Å². The molecule has 3 N–H and O–H groups in total. The van der Waals surface area contributed by atoms with Crippen molar-refractivity contribution in [2.24, 2.45) is 0 Å². The first-order chi connectivity index (χ1) is 12.1. The lowest BCUT2D eigenvalue weighted by molar-refractivity contribution is 0.155. The van der Waals surface area contributed by atoms with E-state index in [0.717, 1.165) is 0 Å². The van der Waals surface area contributed by atoms with Gasteiger partial charge in [-0.05, 0) is 12.5 Å². The average molecular weight is 342 g/mol. The van der Waals surface area contributed by atoms with Gasteiger partial charge in [0.15, 0.2) is 5.75 Å². The van der Waals surface area contributed by atoms with Gasteiger partial charge < -0.3 is 14.7 Å². The number of fused-ring (bicyclic) bond motifs is 1. The summed E-state index contributed by atoms with van der Waals surface area (Å²) in [6, 6.07) is 1.61. The van der Waals surface area contributed by atoms with Gasteiger partial charge in [-0.25, -0.2) is 4.79 Å². The molecule has 0 saturated carbocycles. The van der Waals surface area contributed by atoms with Crippen LogP contribution in [0.3, 0.4) is 0 Å². The van der Waals surface area contributed by atoms with Gasteiger partial charge in [0, 0.05) is 25.2 Å². The second-order valence-electron chi connectivity index (χ2n) is 5.73. The molecule has 3 aromatic rings. The number of nitrogens with zero attached hydrogens (tertiary/aromatic N) is 4. The highest BCUT2D eigenvalue weighted by Crippen LogP contribution is 2.33. The van der Waals surface area contributed by atoms with Gasteiger partial charge in [-0.2, -0.15) is 10.1 Å². The third-order valence-electron chi connectivity index (χ3n) is 4.19. The van der Waals surface area contributed by atoms with Crippen molar-refractivity contribution < 1.29 is 14.6 Å². The zero-order valence-corrected chi connectivity index (χ0v) is 13.0. The molecule has 3 aromatic heterocycles. The van der Waals surface area contributed by atoms with Gasteiger partial charge in [0.1, 0.15) is 0 Å². The highest BCUT2D eigenvalue weighted by Gasteiger charge is 2.30. The Kier molecular flexibility index (Phi) is 3.56. The summed E-state index contributed by atoms with van der Waals surface area (Å²) in [5.74, 6) is 0.353. The molecular weight excluding hydrogens is 328 g/mol. The van der Waals surface area contributed by atoms with Gasteiger partial charge in [-0.1, -0.05) is 0 Å². The molecule has 1 fully saturated rings. The molecule has 0 radical (unpaired) electrons. The van der Waals surface area contributed by atoms with Crippen molar-refractivity contribution in [2.45, 2.75) is 12.3 Å². The molecular formula is C15H14N6O4. The Morgan fingerprint density at radius 2 is 2.28 bits per heavy atom. The number of hydrogen-bond donors (Lipinski definition) is 3. The lowest BCUT2D eigenvalue weighted by Gasteiger charge is -2.12. The summed E-state index contributed by atoms with van der Waals surface area (Å²) in [5, 5.41) is 16.3. The van der Waals surface area contributed by atoms with E-state index in [1.54, 1.807) is 6.07 Å². The Labute approximate surface area is 140 Å². The van der Waals surface area contributed by atoms with E-state index in [0.29, 0.717) is 41.9 Å². The quantitative estimate of drug-likeness (QED) is 0.652. The predicted octanol–water partition coefficient (Wildman–Crippen LogP) is 1.30. The van der Waals surface area contributed by atoms with Gasteiger partial charge in [-0.3, -0.25) is 19.9 Å². The van der Waals surface area contributed by atoms with E-state index in [9.17, 15) is 9.59 Å². The van der Waals surface area contributed by atoms with Crippen LogP contribution in [0.1, 0.15) is 18.0 Å². The Morgan fingerprint density at radius 3 is 3.08 bits per heavy atom. The van der Waals surface area contributed by atoms with Crippen LogP contribution in [0.4, 0.5) is 4.79 Å². The standard InChI is InChI=1S/C15H14N6O4/c22-13-9-1-3-16-5-10(9)18-14(19-13)25-11-6-17-20-12(11)8-2-4-21(7-8)15(23)24/h1,3,5-6,8H,2,4,7H2,(H,17,20)(H,23,24)(H,18,19,22)/t8-/m1/s1. The van der Waals surface area contributed by atoms with Crippen LogP contribution < -0.4 is 10.3 Å². The Bertz CT molecular complexity index is 997. The molecule has 0 spiro atoms.